The number of rotatable bonds is 3. The topological polar surface area (TPSA) is 182 Å². The predicted molar refractivity (Wildman–Crippen MR) is 134 cm³/mol. The van der Waals surface area contributed by atoms with Gasteiger partial charge in [0.1, 0.15) is 23.2 Å². The van der Waals surface area contributed by atoms with Gasteiger partial charge in [-0.25, -0.2) is 0 Å². The Kier molecular flexibility index (Phi) is 6.10. The van der Waals surface area contributed by atoms with Crippen molar-refractivity contribution < 1.29 is 39.9 Å². The van der Waals surface area contributed by atoms with Crippen LogP contribution in [0.15, 0.2) is 18.2 Å². The average molecular weight is 515 g/mol. The number of aliphatic hydroxyl groups excluding tert-OH is 3. The maximum absolute atomic E-state index is 13.9. The molecule has 0 spiro atoms. The fraction of sp³-hybridized carbons (Fsp3) is 0.519. The highest BCUT2D eigenvalue weighted by atomic mass is 16.3. The van der Waals surface area contributed by atoms with Gasteiger partial charge in [-0.3, -0.25) is 14.4 Å². The van der Waals surface area contributed by atoms with Gasteiger partial charge in [0.05, 0.1) is 11.7 Å². The minimum absolute atomic E-state index is 0.00265. The predicted octanol–water partition coefficient (Wildman–Crippen LogP) is 0.955. The van der Waals surface area contributed by atoms with E-state index in [0.29, 0.717) is 16.7 Å². The molecule has 1 amide bonds. The minimum atomic E-state index is -2.72. The number of hydrogen-bond donors (Lipinski definition) is 6. The number of nitrogens with zero attached hydrogens (tertiary/aromatic N) is 1. The number of phenolic OH excluding ortho intramolecular Hbond substituents is 1. The number of Topliss-reactive ketones (excluding diaryl/α,β-unsaturated/α-hetero) is 2. The van der Waals surface area contributed by atoms with Crippen LogP contribution in [-0.4, -0.2) is 79.7 Å². The highest BCUT2D eigenvalue weighted by Gasteiger charge is 2.67. The van der Waals surface area contributed by atoms with Gasteiger partial charge in [0.15, 0.2) is 11.4 Å². The standard InChI is InChI=1S/C27H34N2O8/c1-10(30)12-9-15(26(2,3)4)20(31)17-13(12)7-11-8-14-19(29(5)6)22(33)18(25(28)36)24(35)27(14,37)23(34)16(11)21(17)32/h9,11,14,18-19,22,30-33,37H,1,7-8H2,2-6H3,(H2,28,36)/t11-,14-,18?,19-,22?,27-/m1/s1. The van der Waals surface area contributed by atoms with Gasteiger partial charge in [-0.2, -0.15) is 0 Å². The number of likely N-dealkylation sites (N-methyl/N-ethyl adjacent to an activating group) is 1. The largest absolute Gasteiger partial charge is 0.508 e. The zero-order valence-electron chi connectivity index (χ0n) is 21.6. The Morgan fingerprint density at radius 2 is 1.81 bits per heavy atom. The number of amides is 1. The van der Waals surface area contributed by atoms with E-state index < -0.39 is 64.1 Å². The van der Waals surface area contributed by atoms with Crippen LogP contribution in [0.25, 0.3) is 11.5 Å². The summed E-state index contributed by atoms with van der Waals surface area (Å²) in [5, 5.41) is 55.6. The van der Waals surface area contributed by atoms with Crippen LogP contribution in [0.3, 0.4) is 0 Å². The maximum Gasteiger partial charge on any atom is 0.230 e. The molecule has 0 saturated heterocycles. The van der Waals surface area contributed by atoms with Gasteiger partial charge in [-0.1, -0.05) is 27.4 Å². The Balaban J connectivity index is 2.00. The van der Waals surface area contributed by atoms with Gasteiger partial charge in [0, 0.05) is 28.7 Å². The smallest absolute Gasteiger partial charge is 0.230 e. The van der Waals surface area contributed by atoms with E-state index >= 15 is 0 Å². The lowest BCUT2D eigenvalue weighted by molar-refractivity contribution is -0.184. The number of hydrogen-bond acceptors (Lipinski definition) is 9. The molecular weight excluding hydrogens is 480 g/mol. The SMILES string of the molecule is C=C(O)c1cc(C(C)(C)C)c(O)c2c1C[C@@H]1C[C@@H]3[C@@H](N(C)C)C(O)C(C(N)=O)C(=O)[C@]3(O)C(=O)C1=C2O. The molecule has 2 saturated carbocycles. The second kappa shape index (κ2) is 8.41. The third kappa shape index (κ3) is 3.61. The van der Waals surface area contributed by atoms with Crippen molar-refractivity contribution >= 4 is 29.0 Å². The van der Waals surface area contributed by atoms with Crippen molar-refractivity contribution in [2.75, 3.05) is 14.1 Å². The molecule has 4 rings (SSSR count). The lowest BCUT2D eigenvalue weighted by Gasteiger charge is -2.53. The second-order valence-corrected chi connectivity index (χ2v) is 11.7. The molecule has 0 heterocycles. The molecule has 7 N–H and O–H groups in total. The summed E-state index contributed by atoms with van der Waals surface area (Å²) in [5.41, 5.74) is 2.81. The zero-order chi connectivity index (χ0) is 27.9. The number of benzene rings is 1. The van der Waals surface area contributed by atoms with Gasteiger partial charge in [0.25, 0.3) is 0 Å². The Bertz CT molecular complexity index is 1270. The van der Waals surface area contributed by atoms with E-state index in [1.807, 2.05) is 20.8 Å². The Hall–Kier alpha value is -3.21. The summed E-state index contributed by atoms with van der Waals surface area (Å²) in [4.78, 5) is 41.0. The van der Waals surface area contributed by atoms with Crippen LogP contribution >= 0.6 is 0 Å². The van der Waals surface area contributed by atoms with Crippen LogP contribution in [0, 0.1) is 17.8 Å². The zero-order valence-corrected chi connectivity index (χ0v) is 21.6. The number of aliphatic hydroxyl groups is 4. The molecule has 200 valence electrons. The van der Waals surface area contributed by atoms with Crippen molar-refractivity contribution in [3.05, 3.63) is 40.5 Å². The number of carbonyl (C=O) groups is 3. The molecular formula is C27H34N2O8. The first-order valence-electron chi connectivity index (χ1n) is 12.1. The third-order valence-electron chi connectivity index (χ3n) is 8.21. The van der Waals surface area contributed by atoms with Crippen molar-refractivity contribution in [2.45, 2.75) is 56.8 Å². The van der Waals surface area contributed by atoms with Crippen LogP contribution < -0.4 is 5.73 Å². The van der Waals surface area contributed by atoms with E-state index in [1.54, 1.807) is 20.2 Å². The van der Waals surface area contributed by atoms with Crippen molar-refractivity contribution in [1.82, 2.24) is 4.90 Å². The van der Waals surface area contributed by atoms with Gasteiger partial charge in [-0.05, 0) is 49.9 Å². The van der Waals surface area contributed by atoms with Crippen LogP contribution in [0.1, 0.15) is 49.4 Å². The van der Waals surface area contributed by atoms with E-state index in [4.69, 9.17) is 5.73 Å². The summed E-state index contributed by atoms with van der Waals surface area (Å²) in [7, 11) is 3.18. The molecule has 0 aliphatic heterocycles. The Labute approximate surface area is 214 Å². The van der Waals surface area contributed by atoms with Gasteiger partial charge in [-0.15, -0.1) is 0 Å². The number of nitrogens with two attached hydrogens (primary N) is 1. The number of fused-ring (bicyclic) bond motifs is 3. The minimum Gasteiger partial charge on any atom is -0.508 e. The lowest BCUT2D eigenvalue weighted by atomic mass is 9.54. The van der Waals surface area contributed by atoms with Crippen LogP contribution in [-0.2, 0) is 26.2 Å². The molecule has 1 aromatic rings. The first kappa shape index (κ1) is 26.8. The number of carbonyl (C=O) groups excluding carboxylic acids is 3. The molecule has 0 radical (unpaired) electrons. The quantitative estimate of drug-likeness (QED) is 0.253. The lowest BCUT2D eigenvalue weighted by Crippen LogP contribution is -2.73. The molecule has 10 heteroatoms. The molecule has 37 heavy (non-hydrogen) atoms. The molecule has 3 aliphatic carbocycles. The van der Waals surface area contributed by atoms with Crippen LogP contribution in [0.4, 0.5) is 0 Å². The molecule has 2 fully saturated rings. The molecule has 0 bridgehead atoms. The summed E-state index contributed by atoms with van der Waals surface area (Å²) in [5.74, 6) is -8.28. The van der Waals surface area contributed by atoms with Crippen LogP contribution in [0.2, 0.25) is 0 Å². The summed E-state index contributed by atoms with van der Waals surface area (Å²) in [6.07, 6.45) is -1.47. The second-order valence-electron chi connectivity index (χ2n) is 11.7. The van der Waals surface area contributed by atoms with E-state index in [-0.39, 0.29) is 35.5 Å². The maximum atomic E-state index is 13.9. The van der Waals surface area contributed by atoms with Crippen molar-refractivity contribution in [3.63, 3.8) is 0 Å². The average Bonchev–Trinajstić information content (AvgIpc) is 2.74. The highest BCUT2D eigenvalue weighted by molar-refractivity contribution is 6.25. The van der Waals surface area contributed by atoms with E-state index in [1.165, 1.54) is 4.90 Å². The number of ketones is 2. The van der Waals surface area contributed by atoms with Crippen molar-refractivity contribution in [2.24, 2.45) is 23.5 Å². The van der Waals surface area contributed by atoms with Crippen molar-refractivity contribution in [3.8, 4) is 5.75 Å². The summed E-state index contributed by atoms with van der Waals surface area (Å²) in [6, 6.07) is 0.627. The number of phenols is 1. The first-order valence-corrected chi connectivity index (χ1v) is 12.1. The third-order valence-corrected chi connectivity index (χ3v) is 8.21. The molecule has 10 nitrogen and oxygen atoms in total. The van der Waals surface area contributed by atoms with E-state index in [2.05, 4.69) is 6.58 Å². The Morgan fingerprint density at radius 3 is 2.30 bits per heavy atom. The van der Waals surface area contributed by atoms with E-state index in [0.717, 1.165) is 0 Å². The highest BCUT2D eigenvalue weighted by Crippen LogP contribution is 2.53. The van der Waals surface area contributed by atoms with Crippen LogP contribution in [0.5, 0.6) is 5.75 Å². The molecule has 1 aromatic carbocycles. The summed E-state index contributed by atoms with van der Waals surface area (Å²) >= 11 is 0. The van der Waals surface area contributed by atoms with E-state index in [9.17, 15) is 39.9 Å². The number of primary amides is 1. The molecule has 3 aliphatic rings. The van der Waals surface area contributed by atoms with Gasteiger partial charge < -0.3 is 36.2 Å². The van der Waals surface area contributed by atoms with Gasteiger partial charge >= 0.3 is 0 Å². The summed E-state index contributed by atoms with van der Waals surface area (Å²) in [6.45, 7) is 9.10. The number of aromatic hydroxyl groups is 1. The fourth-order valence-corrected chi connectivity index (χ4v) is 6.50. The van der Waals surface area contributed by atoms with Crippen molar-refractivity contribution in [1.29, 1.82) is 0 Å². The monoisotopic (exact) mass is 514 g/mol. The molecule has 2 unspecified atom stereocenters. The molecule has 0 aromatic heterocycles. The summed E-state index contributed by atoms with van der Waals surface area (Å²) < 4.78 is 0. The Morgan fingerprint density at radius 1 is 1.22 bits per heavy atom. The molecule has 6 atom stereocenters. The fourth-order valence-electron chi connectivity index (χ4n) is 6.50. The van der Waals surface area contributed by atoms with Gasteiger partial charge in [0.2, 0.25) is 11.7 Å². The first-order chi connectivity index (χ1) is 17.0. The normalized spacial score (nSPS) is 31.6.